The maximum atomic E-state index is 12.6. The number of carboxylic acids is 1. The average molecular weight is 331 g/mol. The number of hydrogen-bond donors (Lipinski definition) is 1. The third-order valence-corrected chi connectivity index (χ3v) is 7.62. The highest BCUT2D eigenvalue weighted by Crippen LogP contribution is 2.39. The lowest BCUT2D eigenvalue weighted by Gasteiger charge is -2.23. The van der Waals surface area contributed by atoms with Gasteiger partial charge in [-0.25, -0.2) is 8.42 Å². The maximum Gasteiger partial charge on any atom is 0.311 e. The summed E-state index contributed by atoms with van der Waals surface area (Å²) < 4.78 is 26.9. The lowest BCUT2D eigenvalue weighted by atomic mass is 9.83. The lowest BCUT2D eigenvalue weighted by Crippen LogP contribution is -2.36. The van der Waals surface area contributed by atoms with E-state index in [1.54, 1.807) is 6.07 Å². The summed E-state index contributed by atoms with van der Waals surface area (Å²) in [6.45, 7) is 4.27. The third-order valence-electron chi connectivity index (χ3n) is 4.08. The van der Waals surface area contributed by atoms with Crippen molar-refractivity contribution in [1.82, 2.24) is 4.31 Å². The largest absolute Gasteiger partial charge is 0.481 e. The molecule has 1 saturated heterocycles. The Kier molecular flexibility index (Phi) is 4.75. The Balaban J connectivity index is 2.25. The zero-order valence-electron chi connectivity index (χ0n) is 12.3. The molecule has 1 fully saturated rings. The second-order valence-corrected chi connectivity index (χ2v) is 8.83. The predicted octanol–water partition coefficient (Wildman–Crippen LogP) is 2.58. The van der Waals surface area contributed by atoms with Crippen LogP contribution in [-0.2, 0) is 21.2 Å². The molecule has 1 N–H and O–H groups in total. The van der Waals surface area contributed by atoms with Crippen molar-refractivity contribution in [3.63, 3.8) is 0 Å². The van der Waals surface area contributed by atoms with Crippen LogP contribution in [0.3, 0.4) is 0 Å². The van der Waals surface area contributed by atoms with Gasteiger partial charge in [0.1, 0.15) is 4.21 Å². The molecule has 7 heteroatoms. The highest BCUT2D eigenvalue weighted by molar-refractivity contribution is 7.91. The second-order valence-electron chi connectivity index (χ2n) is 5.50. The fraction of sp³-hybridized carbons (Fsp3) is 0.643. The maximum absolute atomic E-state index is 12.6. The van der Waals surface area contributed by atoms with Crippen molar-refractivity contribution in [2.24, 2.45) is 5.41 Å². The normalized spacial score (nSPS) is 23.5. The van der Waals surface area contributed by atoms with Crippen molar-refractivity contribution < 1.29 is 18.3 Å². The van der Waals surface area contributed by atoms with Gasteiger partial charge in [0.2, 0.25) is 0 Å². The summed E-state index contributed by atoms with van der Waals surface area (Å²) in [5.74, 6) is -0.887. The van der Waals surface area contributed by atoms with Gasteiger partial charge < -0.3 is 5.11 Å². The van der Waals surface area contributed by atoms with Crippen LogP contribution in [0.15, 0.2) is 16.3 Å². The molecule has 0 bridgehead atoms. The fourth-order valence-electron chi connectivity index (χ4n) is 2.82. The molecule has 0 spiro atoms. The van der Waals surface area contributed by atoms with Crippen LogP contribution in [0.25, 0.3) is 0 Å². The quantitative estimate of drug-likeness (QED) is 0.869. The van der Waals surface area contributed by atoms with Gasteiger partial charge in [-0.05, 0) is 31.4 Å². The molecule has 2 heterocycles. The van der Waals surface area contributed by atoms with Crippen molar-refractivity contribution in [2.75, 3.05) is 13.1 Å². The third kappa shape index (κ3) is 3.00. The van der Waals surface area contributed by atoms with E-state index in [0.29, 0.717) is 17.1 Å². The molecule has 0 radical (unpaired) electrons. The highest BCUT2D eigenvalue weighted by atomic mass is 32.2. The van der Waals surface area contributed by atoms with Gasteiger partial charge in [0.05, 0.1) is 5.41 Å². The Morgan fingerprint density at radius 3 is 2.67 bits per heavy atom. The van der Waals surface area contributed by atoms with Crippen LogP contribution >= 0.6 is 11.3 Å². The van der Waals surface area contributed by atoms with Gasteiger partial charge in [0.15, 0.2) is 0 Å². The molecule has 1 aromatic heterocycles. The van der Waals surface area contributed by atoms with Crippen LogP contribution in [0.2, 0.25) is 0 Å². The van der Waals surface area contributed by atoms with Gasteiger partial charge >= 0.3 is 5.97 Å². The predicted molar refractivity (Wildman–Crippen MR) is 82.0 cm³/mol. The van der Waals surface area contributed by atoms with Gasteiger partial charge in [-0.3, -0.25) is 4.79 Å². The summed E-state index contributed by atoms with van der Waals surface area (Å²) in [6.07, 6.45) is 2.44. The minimum Gasteiger partial charge on any atom is -0.481 e. The van der Waals surface area contributed by atoms with Gasteiger partial charge in [0.25, 0.3) is 10.0 Å². The molecule has 21 heavy (non-hydrogen) atoms. The SMILES string of the molecule is CCCC1(C(=O)O)CCN(S(=O)(=O)c2ccc(CC)s2)C1. The van der Waals surface area contributed by atoms with Crippen LogP contribution in [-0.4, -0.2) is 36.9 Å². The van der Waals surface area contributed by atoms with E-state index in [2.05, 4.69) is 0 Å². The molecule has 0 saturated carbocycles. The fourth-order valence-corrected chi connectivity index (χ4v) is 5.79. The number of thiophene rings is 1. The molecule has 0 aliphatic carbocycles. The number of nitrogens with zero attached hydrogens (tertiary/aromatic N) is 1. The van der Waals surface area contributed by atoms with Crippen molar-refractivity contribution in [2.45, 2.75) is 43.7 Å². The first kappa shape index (κ1) is 16.5. The zero-order chi connectivity index (χ0) is 15.7. The number of carboxylic acid groups (broad SMARTS) is 1. The number of carbonyl (C=O) groups is 1. The minimum absolute atomic E-state index is 0.0812. The standard InChI is InChI=1S/C14H21NO4S2/c1-3-7-14(13(16)17)8-9-15(10-14)21(18,19)12-6-5-11(4-2)20-12/h5-6H,3-4,7-10H2,1-2H3,(H,16,17). The first-order chi connectivity index (χ1) is 9.85. The topological polar surface area (TPSA) is 74.7 Å². The number of sulfonamides is 1. The summed E-state index contributed by atoms with van der Waals surface area (Å²) in [5, 5.41) is 9.47. The van der Waals surface area contributed by atoms with Crippen LogP contribution in [0, 0.1) is 5.41 Å². The summed E-state index contributed by atoms with van der Waals surface area (Å²) >= 11 is 1.27. The Hall–Kier alpha value is -0.920. The molecule has 1 aromatic rings. The average Bonchev–Trinajstić information content (AvgIpc) is 3.06. The van der Waals surface area contributed by atoms with Crippen molar-refractivity contribution in [3.05, 3.63) is 17.0 Å². The Labute approximate surface area is 129 Å². The molecule has 1 atom stereocenters. The van der Waals surface area contributed by atoms with E-state index in [0.717, 1.165) is 17.7 Å². The van der Waals surface area contributed by atoms with Crippen molar-refractivity contribution in [1.29, 1.82) is 0 Å². The van der Waals surface area contributed by atoms with Crippen LogP contribution in [0.5, 0.6) is 0 Å². The van der Waals surface area contributed by atoms with E-state index in [1.165, 1.54) is 15.6 Å². The number of aryl methyl sites for hydroxylation is 1. The smallest absolute Gasteiger partial charge is 0.311 e. The first-order valence-corrected chi connectivity index (χ1v) is 9.43. The van der Waals surface area contributed by atoms with Crippen LogP contribution in [0.4, 0.5) is 0 Å². The van der Waals surface area contributed by atoms with Gasteiger partial charge in [-0.15, -0.1) is 11.3 Å². The Morgan fingerprint density at radius 2 is 2.14 bits per heavy atom. The van der Waals surface area contributed by atoms with E-state index < -0.39 is 21.4 Å². The summed E-state index contributed by atoms with van der Waals surface area (Å²) in [6, 6.07) is 3.45. The number of aliphatic carboxylic acids is 1. The molecule has 1 aliphatic rings. The zero-order valence-corrected chi connectivity index (χ0v) is 14.0. The molecule has 2 rings (SSSR count). The van der Waals surface area contributed by atoms with E-state index in [4.69, 9.17) is 0 Å². The molecule has 0 amide bonds. The van der Waals surface area contributed by atoms with Gasteiger partial charge in [-0.1, -0.05) is 20.3 Å². The van der Waals surface area contributed by atoms with E-state index >= 15 is 0 Å². The molecule has 118 valence electrons. The van der Waals surface area contributed by atoms with E-state index in [1.807, 2.05) is 19.9 Å². The summed E-state index contributed by atoms with van der Waals surface area (Å²) in [4.78, 5) is 12.6. The highest BCUT2D eigenvalue weighted by Gasteiger charge is 2.47. The first-order valence-electron chi connectivity index (χ1n) is 7.18. The van der Waals surface area contributed by atoms with Gasteiger partial charge in [0, 0.05) is 18.0 Å². The van der Waals surface area contributed by atoms with Crippen molar-refractivity contribution in [3.8, 4) is 0 Å². The summed E-state index contributed by atoms with van der Waals surface area (Å²) in [5.41, 5.74) is -0.924. The number of rotatable bonds is 6. The van der Waals surface area contributed by atoms with Crippen LogP contribution in [0.1, 0.15) is 38.0 Å². The molecular weight excluding hydrogens is 310 g/mol. The Bertz CT molecular complexity index is 623. The van der Waals surface area contributed by atoms with Gasteiger partial charge in [-0.2, -0.15) is 4.31 Å². The Morgan fingerprint density at radius 1 is 1.43 bits per heavy atom. The molecular formula is C14H21NO4S2. The molecule has 1 unspecified atom stereocenters. The van der Waals surface area contributed by atoms with Crippen LogP contribution < -0.4 is 0 Å². The second kappa shape index (κ2) is 6.06. The monoisotopic (exact) mass is 331 g/mol. The van der Waals surface area contributed by atoms with E-state index in [9.17, 15) is 18.3 Å². The van der Waals surface area contributed by atoms with Crippen molar-refractivity contribution >= 4 is 27.3 Å². The van der Waals surface area contributed by atoms with E-state index in [-0.39, 0.29) is 13.1 Å². The number of hydrogen-bond acceptors (Lipinski definition) is 4. The molecule has 5 nitrogen and oxygen atoms in total. The summed E-state index contributed by atoms with van der Waals surface area (Å²) in [7, 11) is -3.56. The lowest BCUT2D eigenvalue weighted by molar-refractivity contribution is -0.148. The molecule has 1 aliphatic heterocycles. The molecule has 0 aromatic carbocycles. The minimum atomic E-state index is -3.56.